The minimum atomic E-state index is -1.39. The van der Waals surface area contributed by atoms with Crippen LogP contribution >= 0.6 is 68.8 Å². The molecular formula is C56H66BCl3N14O3S3. The van der Waals surface area contributed by atoms with Crippen molar-refractivity contribution in [3.8, 4) is 20.9 Å². The summed E-state index contributed by atoms with van der Waals surface area (Å²) in [6.45, 7) is 11.3. The van der Waals surface area contributed by atoms with Gasteiger partial charge in [0.15, 0.2) is 34.0 Å². The van der Waals surface area contributed by atoms with Crippen LogP contribution in [-0.2, 0) is 17.9 Å². The van der Waals surface area contributed by atoms with Crippen molar-refractivity contribution in [2.75, 3.05) is 21.3 Å². The molecule has 9 aromatic rings. The molecule has 0 bridgehead atoms. The largest absolute Gasteiger partial charge is 0.499 e. The van der Waals surface area contributed by atoms with Crippen LogP contribution in [0.15, 0.2) is 97.6 Å². The quantitative estimate of drug-likeness (QED) is 0.0421. The van der Waals surface area contributed by atoms with Crippen LogP contribution in [0.25, 0.3) is 43.2 Å². The van der Waals surface area contributed by atoms with E-state index in [0.29, 0.717) is 52.0 Å². The number of fused-ring (bicyclic) bond motifs is 2. The number of carbonyl (C=O) groups is 1. The minimum absolute atomic E-state index is 0.0356. The second-order valence-electron chi connectivity index (χ2n) is 20.6. The van der Waals surface area contributed by atoms with Crippen molar-refractivity contribution >= 4 is 132 Å². The highest BCUT2D eigenvalue weighted by Crippen LogP contribution is 2.34. The van der Waals surface area contributed by atoms with E-state index in [1.165, 1.54) is 10.4 Å². The van der Waals surface area contributed by atoms with Crippen molar-refractivity contribution in [3.63, 3.8) is 0 Å². The Bertz CT molecular complexity index is 3460. The number of thiophene rings is 3. The lowest BCUT2D eigenvalue weighted by atomic mass is 9.90. The maximum absolute atomic E-state index is 11.4. The number of carbonyl (C=O) groups excluding carboxylic acids is 1. The number of rotatable bonds is 16. The molecule has 2 aromatic carbocycles. The molecule has 2 aliphatic carbocycles. The molecule has 0 saturated heterocycles. The van der Waals surface area contributed by atoms with Crippen molar-refractivity contribution < 1.29 is 14.8 Å². The van der Waals surface area contributed by atoms with Crippen LogP contribution in [0.2, 0.25) is 13.0 Å². The number of nitrogens with two attached hydrogens (primary N) is 1. The van der Waals surface area contributed by atoms with Gasteiger partial charge in [-0.05, 0) is 132 Å². The first-order valence-corrected chi connectivity index (χ1v) is 30.4. The van der Waals surface area contributed by atoms with E-state index in [1.54, 1.807) is 41.7 Å². The first kappa shape index (κ1) is 58.8. The molecule has 1 amide bonds. The molecule has 9 N–H and O–H groups in total. The summed E-state index contributed by atoms with van der Waals surface area (Å²) in [4.78, 5) is 42.3. The van der Waals surface area contributed by atoms with Crippen molar-refractivity contribution in [1.29, 1.82) is 0 Å². The van der Waals surface area contributed by atoms with Crippen LogP contribution in [0.1, 0.15) is 109 Å². The number of hydrogen-bond donors (Lipinski definition) is 8. The molecule has 24 heteroatoms. The predicted octanol–water partition coefficient (Wildman–Crippen LogP) is 12.4. The van der Waals surface area contributed by atoms with E-state index in [1.807, 2.05) is 30.9 Å². The third kappa shape index (κ3) is 15.6. The number of amides is 1. The highest BCUT2D eigenvalue weighted by Gasteiger charge is 2.25. The third-order valence-corrected chi connectivity index (χ3v) is 17.8. The Hall–Kier alpha value is -5.88. The summed E-state index contributed by atoms with van der Waals surface area (Å²) in [7, 11) is -1.39. The molecule has 420 valence electrons. The smallest absolute Gasteiger partial charge is 0.423 e. The molecule has 0 aliphatic heterocycles. The minimum Gasteiger partial charge on any atom is -0.423 e. The van der Waals surface area contributed by atoms with Gasteiger partial charge in [0.05, 0.1) is 25.7 Å². The summed E-state index contributed by atoms with van der Waals surface area (Å²) in [5.41, 5.74) is 13.9. The van der Waals surface area contributed by atoms with Gasteiger partial charge in [-0.2, -0.15) is 19.9 Å². The Kier molecular flexibility index (Phi) is 20.0. The topological polar surface area (TPSA) is 231 Å². The summed E-state index contributed by atoms with van der Waals surface area (Å²) in [5, 5.41) is 34.2. The molecule has 17 nitrogen and oxygen atoms in total. The van der Waals surface area contributed by atoms with Gasteiger partial charge < -0.3 is 51.5 Å². The Morgan fingerprint density at radius 2 is 1.01 bits per heavy atom. The van der Waals surface area contributed by atoms with E-state index in [4.69, 9.17) is 70.5 Å². The number of imidazole rings is 2. The molecular weight excluding hydrogens is 1130 g/mol. The van der Waals surface area contributed by atoms with Gasteiger partial charge in [0.2, 0.25) is 17.8 Å². The van der Waals surface area contributed by atoms with Gasteiger partial charge in [-0.3, -0.25) is 4.79 Å². The number of aromatic nitrogens is 8. The molecule has 7 aromatic heterocycles. The molecule has 7 heterocycles. The van der Waals surface area contributed by atoms with E-state index < -0.39 is 7.12 Å². The van der Waals surface area contributed by atoms with Crippen LogP contribution in [0.3, 0.4) is 0 Å². The molecule has 2 aliphatic rings. The van der Waals surface area contributed by atoms with Gasteiger partial charge in [0, 0.05) is 70.8 Å². The SMILES string of the molecule is CC(=O)NC1CCC(Nc2nc(NCc3ccc(-c4ccc(Cl)s4)cc3)c3ncn(C(C)C)c3n2)CC1.CC(C)n1cnc2c(NCc3ccc(-c4ccc(Cl)s4)cc3)nc(NC3CCC(N)CC3)nc21.OB(O)c1ccc(Cl)s1. The maximum atomic E-state index is 11.4. The zero-order valence-electron chi connectivity index (χ0n) is 45.2. The van der Waals surface area contributed by atoms with E-state index in [-0.39, 0.29) is 30.1 Å². The van der Waals surface area contributed by atoms with Gasteiger partial charge in [0.25, 0.3) is 0 Å². The van der Waals surface area contributed by atoms with Crippen molar-refractivity contribution in [2.24, 2.45) is 5.73 Å². The van der Waals surface area contributed by atoms with Gasteiger partial charge in [-0.1, -0.05) is 89.4 Å². The number of benzene rings is 2. The van der Waals surface area contributed by atoms with Crippen molar-refractivity contribution in [3.05, 3.63) is 122 Å². The molecule has 0 spiro atoms. The molecule has 0 unspecified atom stereocenters. The standard InChI is InChI=1S/C27H32ClN7OS.C25H30ClN7S.C4H4BClO2S/c1-16(2)35-15-30-24-25(29-14-18-4-6-19(7-5-18)22-12-13-23(28)37-22)33-27(34-26(24)35)32-21-10-8-20(9-11-21)31-17(3)36;1-15(2)33-14-29-22-23(31-25(32-24(22)33)30-19-9-7-18(27)8-10-19)28-13-16-3-5-17(6-4-16)20-11-12-21(26)34-20;6-4-2-1-3(9-4)5(7)8/h4-7,12-13,15-16,20-21H,8-11,14H2,1-3H3,(H,31,36)(H2,29,32,33,34);3-6,11-12,14-15,18-19H,7-10,13,27H2,1-2H3,(H2,28,30,31,32);1-2,7-8H. The fraction of sp³-hybridized carbons (Fsp3) is 0.375. The molecule has 11 rings (SSSR count). The Morgan fingerprint density at radius 3 is 1.38 bits per heavy atom. The zero-order chi connectivity index (χ0) is 56.5. The maximum Gasteiger partial charge on any atom is 0.499 e. The second kappa shape index (κ2) is 27.3. The van der Waals surface area contributed by atoms with E-state index >= 15 is 0 Å². The summed E-state index contributed by atoms with van der Waals surface area (Å²) < 4.78 is 6.79. The molecule has 0 radical (unpaired) electrons. The Balaban J connectivity index is 0.000000168. The average molecular weight is 1200 g/mol. The van der Waals surface area contributed by atoms with E-state index in [2.05, 4.69) is 128 Å². The summed E-state index contributed by atoms with van der Waals surface area (Å²) in [5.74, 6) is 2.74. The van der Waals surface area contributed by atoms with Gasteiger partial charge in [0.1, 0.15) is 0 Å². The number of halogens is 3. The van der Waals surface area contributed by atoms with E-state index in [0.717, 1.165) is 121 Å². The van der Waals surface area contributed by atoms with Crippen LogP contribution in [0.4, 0.5) is 23.5 Å². The monoisotopic (exact) mass is 1190 g/mol. The average Bonchev–Trinajstić information content (AvgIpc) is 4.40. The van der Waals surface area contributed by atoms with Crippen molar-refractivity contribution in [2.45, 2.75) is 135 Å². The molecule has 80 heavy (non-hydrogen) atoms. The van der Waals surface area contributed by atoms with Gasteiger partial charge in [-0.25, -0.2) is 9.97 Å². The fourth-order valence-electron chi connectivity index (χ4n) is 9.61. The van der Waals surface area contributed by atoms with Crippen LogP contribution < -0.4 is 37.1 Å². The Morgan fingerprint density at radius 1 is 0.600 bits per heavy atom. The van der Waals surface area contributed by atoms with Gasteiger partial charge in [-0.15, -0.1) is 34.0 Å². The second-order valence-corrected chi connectivity index (χ2v) is 25.8. The zero-order valence-corrected chi connectivity index (χ0v) is 49.9. The first-order chi connectivity index (χ1) is 38.5. The first-order valence-electron chi connectivity index (χ1n) is 26.8. The predicted molar refractivity (Wildman–Crippen MR) is 332 cm³/mol. The third-order valence-electron chi connectivity index (χ3n) is 13.9. The number of nitrogens with zero attached hydrogens (tertiary/aromatic N) is 8. The highest BCUT2D eigenvalue weighted by atomic mass is 35.5. The molecule has 2 fully saturated rings. The van der Waals surface area contributed by atoms with Crippen LogP contribution in [-0.4, -0.2) is 86.3 Å². The molecule has 0 atom stereocenters. The van der Waals surface area contributed by atoms with Crippen LogP contribution in [0, 0.1) is 0 Å². The number of nitrogens with one attached hydrogen (secondary N) is 5. The van der Waals surface area contributed by atoms with E-state index in [9.17, 15) is 4.79 Å². The lowest BCUT2D eigenvalue weighted by Gasteiger charge is -2.29. The normalized spacial score (nSPS) is 17.2. The summed E-state index contributed by atoms with van der Waals surface area (Å²) >= 11 is 22.0. The molecule has 2 saturated carbocycles. The van der Waals surface area contributed by atoms with Crippen molar-refractivity contribution in [1.82, 2.24) is 44.4 Å². The lowest BCUT2D eigenvalue weighted by molar-refractivity contribution is -0.119. The lowest BCUT2D eigenvalue weighted by Crippen LogP contribution is -2.39. The number of hydrogen-bond acceptors (Lipinski definition) is 17. The summed E-state index contributed by atoms with van der Waals surface area (Å²) in [6.07, 6.45) is 11.6. The Labute approximate surface area is 493 Å². The van der Waals surface area contributed by atoms with Gasteiger partial charge >= 0.3 is 7.12 Å². The fourth-order valence-corrected chi connectivity index (χ4v) is 12.6. The number of anilines is 4. The van der Waals surface area contributed by atoms with Crippen LogP contribution in [0.5, 0.6) is 0 Å². The highest BCUT2D eigenvalue weighted by molar-refractivity contribution is 7.25. The summed E-state index contributed by atoms with van der Waals surface area (Å²) in [6, 6.07) is 29.8.